The molecule has 1 heterocycles. The van der Waals surface area contributed by atoms with Crippen molar-refractivity contribution in [3.05, 3.63) is 0 Å². The van der Waals surface area contributed by atoms with E-state index in [0.717, 1.165) is 0 Å². The van der Waals surface area contributed by atoms with Gasteiger partial charge < -0.3 is 0 Å². The van der Waals surface area contributed by atoms with E-state index in [1.165, 1.54) is 0 Å². The molecule has 0 unspecified atom stereocenters. The summed E-state index contributed by atoms with van der Waals surface area (Å²) in [5.74, 6) is 0.344. The Morgan fingerprint density at radius 1 is 1.20 bits per heavy atom. The van der Waals surface area contributed by atoms with Crippen LogP contribution >= 0.6 is 0 Å². The number of hydrogen-bond acceptors (Lipinski definition) is 2. The molecule has 0 spiro atoms. The fourth-order valence-electron chi connectivity index (χ4n) is 0.917. The third-order valence-corrected chi connectivity index (χ3v) is 5.49. The van der Waals surface area contributed by atoms with Gasteiger partial charge in [0.2, 0.25) is 0 Å². The molecule has 0 aliphatic carbocycles. The van der Waals surface area contributed by atoms with E-state index in [1.54, 1.807) is 0 Å². The van der Waals surface area contributed by atoms with Crippen LogP contribution in [0.25, 0.3) is 0 Å². The van der Waals surface area contributed by atoms with Crippen LogP contribution in [0.4, 0.5) is 0 Å². The van der Waals surface area contributed by atoms with Gasteiger partial charge in [-0.05, 0) is 0 Å². The minimum absolute atomic E-state index is 0.172. The Balaban J connectivity index is 2.63. The summed E-state index contributed by atoms with van der Waals surface area (Å²) < 4.78 is 0.469. The van der Waals surface area contributed by atoms with E-state index in [4.69, 9.17) is 0 Å². The summed E-state index contributed by atoms with van der Waals surface area (Å²) in [6.45, 7) is 3.90. The van der Waals surface area contributed by atoms with E-state index < -0.39 is 0 Å². The van der Waals surface area contributed by atoms with Gasteiger partial charge in [0.05, 0.1) is 0 Å². The van der Waals surface area contributed by atoms with Gasteiger partial charge in [0.25, 0.3) is 0 Å². The summed E-state index contributed by atoms with van der Waals surface area (Å²) in [7, 11) is 0. The molecule has 2 atom stereocenters. The van der Waals surface area contributed by atoms with Gasteiger partial charge in [-0.1, -0.05) is 0 Å². The molecule has 1 aliphatic rings. The van der Waals surface area contributed by atoms with E-state index >= 15 is 0 Å². The molecule has 0 aromatic rings. The number of carbonyl (C=O) groups excluding carboxylic acids is 2. The summed E-state index contributed by atoms with van der Waals surface area (Å²) in [5, 5.41) is 0. The van der Waals surface area contributed by atoms with Crippen LogP contribution in [0.1, 0.15) is 20.3 Å². The van der Waals surface area contributed by atoms with Crippen LogP contribution in [0.2, 0.25) is 7.93 Å². The normalized spacial score (nSPS) is 34.6. The Morgan fingerprint density at radius 2 is 1.60 bits per heavy atom. The van der Waals surface area contributed by atoms with Crippen LogP contribution in [0.5, 0.6) is 0 Å². The van der Waals surface area contributed by atoms with Gasteiger partial charge in [-0.25, -0.2) is 0 Å². The van der Waals surface area contributed by atoms with Crippen molar-refractivity contribution in [2.24, 2.45) is 0 Å². The predicted molar refractivity (Wildman–Crippen MR) is 39.2 cm³/mol. The van der Waals surface area contributed by atoms with E-state index in [0.29, 0.717) is 0 Å². The second kappa shape index (κ2) is 3.02. The van der Waals surface area contributed by atoms with Crippen LogP contribution in [0.15, 0.2) is 0 Å². The number of carbonyl (C=O) groups is 2. The van der Waals surface area contributed by atoms with Gasteiger partial charge in [0.1, 0.15) is 0 Å². The molecular weight excluding hydrogens is 244 g/mol. The molecule has 0 aromatic heterocycles. The maximum absolute atomic E-state index is 11.0. The van der Waals surface area contributed by atoms with Crippen molar-refractivity contribution < 1.29 is 9.59 Å². The first kappa shape index (κ1) is 8.23. The van der Waals surface area contributed by atoms with E-state index in [2.05, 4.69) is 0 Å². The second-order valence-electron chi connectivity index (χ2n) is 2.53. The number of rotatable bonds is 0. The Bertz CT molecular complexity index is 158. The van der Waals surface area contributed by atoms with Crippen molar-refractivity contribution in [2.45, 2.75) is 28.2 Å². The van der Waals surface area contributed by atoms with Crippen LogP contribution in [-0.2, 0) is 9.59 Å². The third-order valence-electron chi connectivity index (χ3n) is 1.66. The van der Waals surface area contributed by atoms with Crippen molar-refractivity contribution in [1.29, 1.82) is 0 Å². The third kappa shape index (κ3) is 1.59. The van der Waals surface area contributed by atoms with Crippen LogP contribution in [0.3, 0.4) is 0 Å². The van der Waals surface area contributed by atoms with Crippen molar-refractivity contribution in [3.8, 4) is 0 Å². The summed E-state index contributed by atoms with van der Waals surface area (Å²) in [4.78, 5) is 21.9. The molecule has 56 valence electrons. The molecule has 0 bridgehead atoms. The van der Waals surface area contributed by atoms with Crippen molar-refractivity contribution in [1.82, 2.24) is 0 Å². The Morgan fingerprint density at radius 3 is 1.90 bits per heavy atom. The zero-order valence-electron chi connectivity index (χ0n) is 6.09. The number of ketones is 2. The van der Waals surface area contributed by atoms with Crippen molar-refractivity contribution >= 4 is 32.5 Å². The Kier molecular flexibility index (Phi) is 2.49. The molecule has 0 N–H and O–H groups in total. The van der Waals surface area contributed by atoms with Crippen LogP contribution < -0.4 is 0 Å². The quantitative estimate of drug-likeness (QED) is 0.474. The first-order chi connectivity index (χ1) is 4.61. The average Bonchev–Trinajstić information content (AvgIpc) is 1.84. The van der Waals surface area contributed by atoms with Gasteiger partial charge in [-0.3, -0.25) is 0 Å². The minimum atomic E-state index is -0.361. The Hall–Kier alpha value is 0.130. The summed E-state index contributed by atoms with van der Waals surface area (Å²) in [6, 6.07) is 0. The standard InChI is InChI=1S/C7H10O2Te/c1-4-6(8)3-7(9)5(2)10-4/h4-5H,3H2,1-2H3/t4-,5+. The fraction of sp³-hybridized carbons (Fsp3) is 0.714. The molecule has 2 nitrogen and oxygen atoms in total. The first-order valence-electron chi connectivity index (χ1n) is 3.32. The van der Waals surface area contributed by atoms with Crippen molar-refractivity contribution in [3.63, 3.8) is 0 Å². The molecule has 1 rings (SSSR count). The SMILES string of the molecule is C[C@@H]1[Te][C@H](C)C(=O)CC1=O. The number of hydrogen-bond donors (Lipinski definition) is 0. The van der Waals surface area contributed by atoms with Gasteiger partial charge in [-0.2, -0.15) is 0 Å². The maximum atomic E-state index is 11.0. The molecule has 1 fully saturated rings. The second-order valence-corrected chi connectivity index (χ2v) is 7.34. The zero-order chi connectivity index (χ0) is 7.72. The summed E-state index contributed by atoms with van der Waals surface area (Å²) >= 11 is -0.361. The van der Waals surface area contributed by atoms with Gasteiger partial charge in [-0.15, -0.1) is 0 Å². The van der Waals surface area contributed by atoms with E-state index in [-0.39, 0.29) is 46.8 Å². The predicted octanol–water partition coefficient (Wildman–Crippen LogP) is 0.849. The van der Waals surface area contributed by atoms with Crippen LogP contribution in [-0.4, -0.2) is 32.5 Å². The molecule has 3 heteroatoms. The monoisotopic (exact) mass is 256 g/mol. The first-order valence-corrected chi connectivity index (χ1v) is 6.01. The average molecular weight is 254 g/mol. The molecule has 0 amide bonds. The molecule has 0 radical (unpaired) electrons. The molecular formula is C7H10O2Te. The Labute approximate surface area is 70.4 Å². The number of Topliss-reactive ketones (excluding diaryl/α,β-unsaturated/α-hetero) is 2. The summed E-state index contributed by atoms with van der Waals surface area (Å²) in [5.41, 5.74) is 0. The molecule has 1 saturated heterocycles. The molecule has 10 heavy (non-hydrogen) atoms. The van der Waals surface area contributed by atoms with Crippen LogP contribution in [0, 0.1) is 0 Å². The van der Waals surface area contributed by atoms with Gasteiger partial charge >= 0.3 is 70.3 Å². The topological polar surface area (TPSA) is 34.1 Å². The van der Waals surface area contributed by atoms with E-state index in [9.17, 15) is 9.59 Å². The molecule has 0 saturated carbocycles. The van der Waals surface area contributed by atoms with Gasteiger partial charge in [0, 0.05) is 0 Å². The fourth-order valence-corrected chi connectivity index (χ4v) is 4.01. The molecule has 0 aromatic carbocycles. The van der Waals surface area contributed by atoms with Gasteiger partial charge in [0.15, 0.2) is 0 Å². The zero-order valence-corrected chi connectivity index (χ0v) is 8.42. The molecule has 1 aliphatic heterocycles. The summed E-state index contributed by atoms with van der Waals surface area (Å²) in [6.07, 6.45) is 0.201. The van der Waals surface area contributed by atoms with Crippen molar-refractivity contribution in [2.75, 3.05) is 0 Å². The van der Waals surface area contributed by atoms with E-state index in [1.807, 2.05) is 13.8 Å².